The van der Waals surface area contributed by atoms with Gasteiger partial charge in [0, 0.05) is 26.3 Å². The number of hydrogen-bond acceptors (Lipinski definition) is 3. The summed E-state index contributed by atoms with van der Waals surface area (Å²) in [5, 5.41) is 17.7. The Kier molecular flexibility index (Phi) is 5.68. The van der Waals surface area contributed by atoms with Crippen LogP contribution in [0.3, 0.4) is 0 Å². The highest BCUT2D eigenvalue weighted by molar-refractivity contribution is 5.73. The van der Waals surface area contributed by atoms with Gasteiger partial charge in [0.25, 0.3) is 0 Å². The molecule has 6 nitrogen and oxygen atoms in total. The minimum Gasteiger partial charge on any atom is -0.388 e. The van der Waals surface area contributed by atoms with Gasteiger partial charge in [-0.15, -0.1) is 0 Å². The molecule has 130 valence electrons. The van der Waals surface area contributed by atoms with E-state index in [9.17, 15) is 9.90 Å². The molecule has 0 saturated heterocycles. The molecule has 0 aromatic carbocycles. The van der Waals surface area contributed by atoms with Gasteiger partial charge in [-0.2, -0.15) is 5.10 Å². The Morgan fingerprint density at radius 3 is 2.61 bits per heavy atom. The predicted octanol–water partition coefficient (Wildman–Crippen LogP) is 1.92. The first-order chi connectivity index (χ1) is 10.8. The van der Waals surface area contributed by atoms with E-state index in [2.05, 4.69) is 17.3 Å². The molecular formula is C17H30N4O2. The van der Waals surface area contributed by atoms with Gasteiger partial charge in [-0.3, -0.25) is 4.68 Å². The molecule has 1 saturated carbocycles. The van der Waals surface area contributed by atoms with Crippen molar-refractivity contribution in [3.63, 3.8) is 0 Å². The first-order valence-corrected chi connectivity index (χ1v) is 8.53. The van der Waals surface area contributed by atoms with Crippen LogP contribution in [0, 0.1) is 13.8 Å². The van der Waals surface area contributed by atoms with Crippen molar-refractivity contribution in [2.75, 3.05) is 20.1 Å². The molecule has 2 rings (SSSR count). The molecule has 1 aromatic heterocycles. The molecule has 0 atom stereocenters. The summed E-state index contributed by atoms with van der Waals surface area (Å²) in [5.74, 6) is 0. The maximum atomic E-state index is 12.1. The molecule has 1 aliphatic carbocycles. The van der Waals surface area contributed by atoms with Gasteiger partial charge in [-0.05, 0) is 45.1 Å². The lowest BCUT2D eigenvalue weighted by Crippen LogP contribution is -2.46. The van der Waals surface area contributed by atoms with E-state index in [1.165, 1.54) is 11.3 Å². The van der Waals surface area contributed by atoms with Crippen LogP contribution < -0.4 is 5.32 Å². The van der Waals surface area contributed by atoms with Crippen LogP contribution in [0.5, 0.6) is 0 Å². The summed E-state index contributed by atoms with van der Waals surface area (Å²) in [5.41, 5.74) is 2.84. The van der Waals surface area contributed by atoms with Crippen LogP contribution >= 0.6 is 0 Å². The predicted molar refractivity (Wildman–Crippen MR) is 90.4 cm³/mol. The number of carbonyl (C=O) groups is 1. The fourth-order valence-electron chi connectivity index (χ4n) is 3.48. The number of aliphatic hydroxyl groups is 1. The molecular weight excluding hydrogens is 292 g/mol. The van der Waals surface area contributed by atoms with Crippen LogP contribution in [-0.4, -0.2) is 51.6 Å². The molecule has 2 amide bonds. The van der Waals surface area contributed by atoms with Crippen molar-refractivity contribution >= 4 is 6.03 Å². The molecule has 0 radical (unpaired) electrons. The van der Waals surface area contributed by atoms with Gasteiger partial charge in [0.15, 0.2) is 0 Å². The quantitative estimate of drug-likeness (QED) is 0.786. The van der Waals surface area contributed by atoms with E-state index in [-0.39, 0.29) is 6.03 Å². The molecule has 6 heteroatoms. The van der Waals surface area contributed by atoms with Gasteiger partial charge in [0.1, 0.15) is 0 Å². The Morgan fingerprint density at radius 2 is 2.04 bits per heavy atom. The molecule has 1 aliphatic rings. The van der Waals surface area contributed by atoms with Gasteiger partial charge in [0.05, 0.1) is 17.8 Å². The molecule has 0 bridgehead atoms. The minimum atomic E-state index is -0.685. The summed E-state index contributed by atoms with van der Waals surface area (Å²) in [4.78, 5) is 13.7. The summed E-state index contributed by atoms with van der Waals surface area (Å²) in [6, 6.07) is -0.107. The molecule has 0 aliphatic heterocycles. The minimum absolute atomic E-state index is 0.107. The lowest BCUT2D eigenvalue weighted by molar-refractivity contribution is 0.0247. The van der Waals surface area contributed by atoms with Gasteiger partial charge < -0.3 is 15.3 Å². The second-order valence-corrected chi connectivity index (χ2v) is 6.90. The number of urea groups is 1. The number of aromatic nitrogens is 2. The van der Waals surface area contributed by atoms with E-state index in [1.54, 1.807) is 11.9 Å². The Morgan fingerprint density at radius 1 is 1.39 bits per heavy atom. The van der Waals surface area contributed by atoms with Crippen molar-refractivity contribution in [3.8, 4) is 0 Å². The number of aryl methyl sites for hydroxylation is 2. The summed E-state index contributed by atoms with van der Waals surface area (Å²) >= 11 is 0. The smallest absolute Gasteiger partial charge is 0.317 e. The van der Waals surface area contributed by atoms with Crippen LogP contribution in [0.1, 0.15) is 49.1 Å². The van der Waals surface area contributed by atoms with Gasteiger partial charge in [-0.25, -0.2) is 4.79 Å². The fourth-order valence-corrected chi connectivity index (χ4v) is 3.48. The number of nitrogens with zero attached hydrogens (tertiary/aromatic N) is 3. The second-order valence-electron chi connectivity index (χ2n) is 6.90. The molecule has 0 spiro atoms. The van der Waals surface area contributed by atoms with Crippen molar-refractivity contribution in [1.82, 2.24) is 20.0 Å². The third-order valence-electron chi connectivity index (χ3n) is 4.95. The fraction of sp³-hybridized carbons (Fsp3) is 0.765. The van der Waals surface area contributed by atoms with Crippen LogP contribution in [0.15, 0.2) is 0 Å². The van der Waals surface area contributed by atoms with Crippen molar-refractivity contribution in [3.05, 3.63) is 17.0 Å². The van der Waals surface area contributed by atoms with Crippen LogP contribution in [0.2, 0.25) is 0 Å². The summed E-state index contributed by atoms with van der Waals surface area (Å²) in [6.07, 6.45) is 5.50. The third-order valence-corrected chi connectivity index (χ3v) is 4.95. The summed E-state index contributed by atoms with van der Waals surface area (Å²) in [7, 11) is 3.71. The maximum absolute atomic E-state index is 12.1. The number of hydrogen-bond donors (Lipinski definition) is 2. The van der Waals surface area contributed by atoms with Crippen molar-refractivity contribution in [2.45, 2.75) is 58.0 Å². The first-order valence-electron chi connectivity index (χ1n) is 8.53. The molecule has 2 N–H and O–H groups in total. The van der Waals surface area contributed by atoms with E-state index in [0.29, 0.717) is 13.1 Å². The number of likely N-dealkylation sites (N-methyl/N-ethyl adjacent to an activating group) is 1. The first kappa shape index (κ1) is 17.8. The Hall–Kier alpha value is -1.56. The van der Waals surface area contributed by atoms with E-state index < -0.39 is 5.60 Å². The highest BCUT2D eigenvalue weighted by Gasteiger charge is 2.33. The zero-order valence-electron chi connectivity index (χ0n) is 14.9. The Labute approximate surface area is 138 Å². The average Bonchev–Trinajstić information content (AvgIpc) is 3.01. The number of amides is 2. The molecule has 1 fully saturated rings. The maximum Gasteiger partial charge on any atom is 0.317 e. The average molecular weight is 322 g/mol. The number of rotatable bonds is 6. The van der Waals surface area contributed by atoms with Crippen molar-refractivity contribution in [2.24, 2.45) is 7.05 Å². The number of nitrogens with one attached hydrogen (secondary N) is 1. The zero-order chi connectivity index (χ0) is 17.0. The lowest BCUT2D eigenvalue weighted by Gasteiger charge is -2.28. The SMILES string of the molecule is Cc1nn(C)c(C)c1CCCNC(=O)N(C)CC1(O)CCCC1. The van der Waals surface area contributed by atoms with Crippen LogP contribution in [0.25, 0.3) is 0 Å². The normalized spacial score (nSPS) is 16.6. The van der Waals surface area contributed by atoms with Gasteiger partial charge in [-0.1, -0.05) is 12.8 Å². The Balaban J connectivity index is 1.72. The van der Waals surface area contributed by atoms with Crippen LogP contribution in [0.4, 0.5) is 4.79 Å². The van der Waals surface area contributed by atoms with E-state index in [0.717, 1.165) is 44.2 Å². The highest BCUT2D eigenvalue weighted by atomic mass is 16.3. The Bertz CT molecular complexity index is 547. The van der Waals surface area contributed by atoms with E-state index in [1.807, 2.05) is 18.7 Å². The van der Waals surface area contributed by atoms with E-state index >= 15 is 0 Å². The number of carbonyl (C=O) groups excluding carboxylic acids is 1. The van der Waals surface area contributed by atoms with Gasteiger partial charge in [0.2, 0.25) is 0 Å². The lowest BCUT2D eigenvalue weighted by atomic mass is 10.0. The molecule has 1 aromatic rings. The third kappa shape index (κ3) is 4.47. The second kappa shape index (κ2) is 7.34. The highest BCUT2D eigenvalue weighted by Crippen LogP contribution is 2.29. The van der Waals surface area contributed by atoms with Crippen LogP contribution in [-0.2, 0) is 13.5 Å². The summed E-state index contributed by atoms with van der Waals surface area (Å²) in [6.45, 7) is 5.15. The zero-order valence-corrected chi connectivity index (χ0v) is 14.9. The summed E-state index contributed by atoms with van der Waals surface area (Å²) < 4.78 is 1.90. The van der Waals surface area contributed by atoms with Gasteiger partial charge >= 0.3 is 6.03 Å². The monoisotopic (exact) mass is 322 g/mol. The topological polar surface area (TPSA) is 70.4 Å². The van der Waals surface area contributed by atoms with E-state index in [4.69, 9.17) is 0 Å². The van der Waals surface area contributed by atoms with Crippen molar-refractivity contribution in [1.29, 1.82) is 0 Å². The van der Waals surface area contributed by atoms with Crippen molar-refractivity contribution < 1.29 is 9.90 Å². The molecule has 1 heterocycles. The largest absolute Gasteiger partial charge is 0.388 e. The molecule has 0 unspecified atom stereocenters. The molecule has 23 heavy (non-hydrogen) atoms. The standard InChI is InChI=1S/C17H30N4O2/c1-13-15(14(2)21(4)19-13)8-7-11-18-16(22)20(3)12-17(23)9-5-6-10-17/h23H,5-12H2,1-4H3,(H,18,22).